The largest absolute Gasteiger partial charge is 0.295 e. The topological polar surface area (TPSA) is 17.1 Å². The van der Waals surface area contributed by atoms with Crippen LogP contribution in [-0.4, -0.2) is 5.78 Å². The number of carbonyl (C=O) groups excluding carboxylic acids is 1. The lowest BCUT2D eigenvalue weighted by Gasteiger charge is -1.97. The molecule has 13 heavy (non-hydrogen) atoms. The summed E-state index contributed by atoms with van der Waals surface area (Å²) in [6.45, 7) is 1.48. The fourth-order valence-corrected chi connectivity index (χ4v) is 1.21. The first-order valence-electron chi connectivity index (χ1n) is 3.73. The highest BCUT2D eigenvalue weighted by Crippen LogP contribution is 2.21. The average molecular weight is 215 g/mol. The van der Waals surface area contributed by atoms with Gasteiger partial charge in [-0.2, -0.15) is 0 Å². The van der Waals surface area contributed by atoms with Crippen molar-refractivity contribution in [3.05, 3.63) is 39.9 Å². The quantitative estimate of drug-likeness (QED) is 0.689. The summed E-state index contributed by atoms with van der Waals surface area (Å²) < 4.78 is 0. The Balaban J connectivity index is 3.00. The second-order valence-electron chi connectivity index (χ2n) is 2.61. The summed E-state index contributed by atoms with van der Waals surface area (Å²) in [5.74, 6) is -0.0176. The van der Waals surface area contributed by atoms with E-state index in [4.69, 9.17) is 23.2 Å². The molecule has 0 bridgehead atoms. The Bertz CT molecular complexity index is 356. The van der Waals surface area contributed by atoms with Crippen LogP contribution in [0.1, 0.15) is 12.5 Å². The van der Waals surface area contributed by atoms with E-state index in [1.165, 1.54) is 13.0 Å². The van der Waals surface area contributed by atoms with E-state index in [-0.39, 0.29) is 5.78 Å². The number of ketones is 1. The average Bonchev–Trinajstić information content (AvgIpc) is 2.06. The minimum Gasteiger partial charge on any atom is -0.295 e. The van der Waals surface area contributed by atoms with Crippen LogP contribution in [-0.2, 0) is 4.79 Å². The van der Waals surface area contributed by atoms with E-state index in [1.54, 1.807) is 24.3 Å². The van der Waals surface area contributed by atoms with E-state index in [1.807, 2.05) is 0 Å². The molecule has 0 atom stereocenters. The molecule has 0 aliphatic rings. The van der Waals surface area contributed by atoms with Gasteiger partial charge in [0.05, 0.1) is 0 Å². The molecule has 0 aliphatic carbocycles. The maximum absolute atomic E-state index is 10.7. The summed E-state index contributed by atoms with van der Waals surface area (Å²) in [5.41, 5.74) is 0.754. The van der Waals surface area contributed by atoms with Crippen molar-refractivity contribution < 1.29 is 4.79 Å². The Morgan fingerprint density at radius 3 is 2.69 bits per heavy atom. The molecule has 3 heteroatoms. The van der Waals surface area contributed by atoms with E-state index in [2.05, 4.69) is 0 Å². The molecule has 1 aromatic rings. The fourth-order valence-electron chi connectivity index (χ4n) is 0.849. The van der Waals surface area contributed by atoms with Crippen molar-refractivity contribution in [3.8, 4) is 0 Å². The number of rotatable bonds is 2. The van der Waals surface area contributed by atoms with Crippen LogP contribution in [0.3, 0.4) is 0 Å². The molecule has 0 N–H and O–H groups in total. The first kappa shape index (κ1) is 10.3. The Labute approximate surface area is 87.0 Å². The van der Waals surface area contributed by atoms with Gasteiger partial charge in [-0.05, 0) is 42.8 Å². The third kappa shape index (κ3) is 3.21. The number of hydrogen-bond acceptors (Lipinski definition) is 1. The molecule has 1 aromatic carbocycles. The fraction of sp³-hybridized carbons (Fsp3) is 0.100. The molecule has 0 heterocycles. The van der Waals surface area contributed by atoms with Crippen molar-refractivity contribution in [1.29, 1.82) is 0 Å². The molecule has 68 valence electrons. The Kier molecular flexibility index (Phi) is 3.52. The van der Waals surface area contributed by atoms with Crippen molar-refractivity contribution in [3.63, 3.8) is 0 Å². The maximum Gasteiger partial charge on any atom is 0.152 e. The Morgan fingerprint density at radius 2 is 2.08 bits per heavy atom. The second kappa shape index (κ2) is 4.45. The minimum absolute atomic E-state index is 0.0176. The standard InChI is InChI=1S/C10H8Cl2O/c1-7(13)2-3-8-6-9(11)4-5-10(8)12/h2-6H,1H3/b3-2+. The molecule has 0 fully saturated rings. The Hall–Kier alpha value is -0.790. The van der Waals surface area contributed by atoms with Gasteiger partial charge >= 0.3 is 0 Å². The van der Waals surface area contributed by atoms with Gasteiger partial charge in [0, 0.05) is 10.0 Å². The van der Waals surface area contributed by atoms with E-state index in [0.717, 1.165) is 5.56 Å². The molecular formula is C10H8Cl2O. The summed E-state index contributed by atoms with van der Waals surface area (Å²) in [5, 5.41) is 1.19. The molecular weight excluding hydrogens is 207 g/mol. The highest BCUT2D eigenvalue weighted by molar-refractivity contribution is 6.34. The third-order valence-electron chi connectivity index (χ3n) is 1.46. The van der Waals surface area contributed by atoms with Crippen molar-refractivity contribution in [2.45, 2.75) is 6.92 Å². The number of hydrogen-bond donors (Lipinski definition) is 0. The van der Waals surface area contributed by atoms with E-state index >= 15 is 0 Å². The van der Waals surface area contributed by atoms with E-state index in [9.17, 15) is 4.79 Å². The summed E-state index contributed by atoms with van der Waals surface area (Å²) in [7, 11) is 0. The summed E-state index contributed by atoms with van der Waals surface area (Å²) in [6.07, 6.45) is 3.11. The number of allylic oxidation sites excluding steroid dienone is 1. The summed E-state index contributed by atoms with van der Waals surface area (Å²) >= 11 is 11.6. The molecule has 0 saturated carbocycles. The van der Waals surface area contributed by atoms with Gasteiger partial charge in [-0.3, -0.25) is 4.79 Å². The van der Waals surface area contributed by atoms with Crippen molar-refractivity contribution >= 4 is 35.1 Å². The van der Waals surface area contributed by atoms with Crippen LogP contribution in [0.25, 0.3) is 6.08 Å². The highest BCUT2D eigenvalue weighted by atomic mass is 35.5. The Morgan fingerprint density at radius 1 is 1.38 bits per heavy atom. The molecule has 0 saturated heterocycles. The monoisotopic (exact) mass is 214 g/mol. The van der Waals surface area contributed by atoms with Crippen LogP contribution >= 0.6 is 23.2 Å². The molecule has 0 aromatic heterocycles. The van der Waals surface area contributed by atoms with Crippen LogP contribution < -0.4 is 0 Å². The zero-order valence-corrected chi connectivity index (χ0v) is 8.56. The molecule has 0 aliphatic heterocycles. The summed E-state index contributed by atoms with van der Waals surface area (Å²) in [4.78, 5) is 10.7. The van der Waals surface area contributed by atoms with Crippen LogP contribution in [0, 0.1) is 0 Å². The molecule has 1 rings (SSSR count). The summed E-state index contributed by atoms with van der Waals surface area (Å²) in [6, 6.07) is 5.11. The van der Waals surface area contributed by atoms with E-state index in [0.29, 0.717) is 10.0 Å². The predicted octanol–water partition coefficient (Wildman–Crippen LogP) is 3.60. The van der Waals surface area contributed by atoms with Crippen LogP contribution in [0.15, 0.2) is 24.3 Å². The van der Waals surface area contributed by atoms with Crippen LogP contribution in [0.2, 0.25) is 10.0 Å². The lowest BCUT2D eigenvalue weighted by molar-refractivity contribution is -0.112. The van der Waals surface area contributed by atoms with Crippen LogP contribution in [0.5, 0.6) is 0 Å². The van der Waals surface area contributed by atoms with Crippen molar-refractivity contribution in [2.24, 2.45) is 0 Å². The number of halogens is 2. The van der Waals surface area contributed by atoms with E-state index < -0.39 is 0 Å². The van der Waals surface area contributed by atoms with Gasteiger partial charge in [-0.15, -0.1) is 0 Å². The van der Waals surface area contributed by atoms with Gasteiger partial charge in [0.2, 0.25) is 0 Å². The second-order valence-corrected chi connectivity index (χ2v) is 3.45. The van der Waals surface area contributed by atoms with Gasteiger partial charge in [0.1, 0.15) is 0 Å². The predicted molar refractivity (Wildman–Crippen MR) is 56.2 cm³/mol. The first-order valence-corrected chi connectivity index (χ1v) is 4.49. The lowest BCUT2D eigenvalue weighted by atomic mass is 10.2. The maximum atomic E-state index is 10.7. The highest BCUT2D eigenvalue weighted by Gasteiger charge is 1.97. The van der Waals surface area contributed by atoms with Gasteiger partial charge < -0.3 is 0 Å². The van der Waals surface area contributed by atoms with Crippen molar-refractivity contribution in [1.82, 2.24) is 0 Å². The third-order valence-corrected chi connectivity index (χ3v) is 2.03. The molecule has 0 radical (unpaired) electrons. The van der Waals surface area contributed by atoms with Gasteiger partial charge in [0.25, 0.3) is 0 Å². The molecule has 1 nitrogen and oxygen atoms in total. The SMILES string of the molecule is CC(=O)/C=C/c1cc(Cl)ccc1Cl. The lowest BCUT2D eigenvalue weighted by Crippen LogP contribution is -1.81. The number of benzene rings is 1. The van der Waals surface area contributed by atoms with Gasteiger partial charge in [-0.25, -0.2) is 0 Å². The molecule has 0 spiro atoms. The molecule has 0 amide bonds. The zero-order chi connectivity index (χ0) is 9.84. The van der Waals surface area contributed by atoms with Crippen LogP contribution in [0.4, 0.5) is 0 Å². The minimum atomic E-state index is -0.0176. The van der Waals surface area contributed by atoms with Crippen molar-refractivity contribution in [2.75, 3.05) is 0 Å². The smallest absolute Gasteiger partial charge is 0.152 e. The zero-order valence-electron chi connectivity index (χ0n) is 7.05. The normalized spacial score (nSPS) is 10.7. The first-order chi connectivity index (χ1) is 6.09. The molecule has 0 unspecified atom stereocenters. The van der Waals surface area contributed by atoms with Gasteiger partial charge in [0.15, 0.2) is 5.78 Å². The number of carbonyl (C=O) groups is 1. The van der Waals surface area contributed by atoms with Gasteiger partial charge in [-0.1, -0.05) is 23.2 Å².